The molecule has 0 spiro atoms. The lowest BCUT2D eigenvalue weighted by Crippen LogP contribution is -2.21. The highest BCUT2D eigenvalue weighted by Crippen LogP contribution is 2.30. The largest absolute Gasteiger partial charge is 0.331 e. The van der Waals surface area contributed by atoms with Crippen LogP contribution in [0.15, 0.2) is 77.6 Å². The molecule has 7 heteroatoms. The van der Waals surface area contributed by atoms with Gasteiger partial charge in [-0.15, -0.1) is 11.3 Å². The van der Waals surface area contributed by atoms with Gasteiger partial charge in [-0.05, 0) is 55.5 Å². The highest BCUT2D eigenvalue weighted by atomic mass is 32.1. The molecule has 0 atom stereocenters. The van der Waals surface area contributed by atoms with Crippen molar-refractivity contribution in [1.29, 1.82) is 0 Å². The summed E-state index contributed by atoms with van der Waals surface area (Å²) in [6, 6.07) is 20.7. The molecule has 0 saturated heterocycles. The van der Waals surface area contributed by atoms with Crippen LogP contribution in [-0.2, 0) is 11.3 Å². The van der Waals surface area contributed by atoms with Gasteiger partial charge in [0.1, 0.15) is 12.4 Å². The molecule has 5 nitrogen and oxygen atoms in total. The van der Waals surface area contributed by atoms with E-state index in [1.54, 1.807) is 24.3 Å². The van der Waals surface area contributed by atoms with E-state index >= 15 is 0 Å². The van der Waals surface area contributed by atoms with Crippen LogP contribution in [-0.4, -0.2) is 15.5 Å². The summed E-state index contributed by atoms with van der Waals surface area (Å²) < 4.78 is 15.1. The summed E-state index contributed by atoms with van der Waals surface area (Å²) in [5, 5.41) is 4.49. The topological polar surface area (TPSA) is 64.0 Å². The molecular formula is C25H18FN3O2S. The van der Waals surface area contributed by atoms with E-state index in [2.05, 4.69) is 10.3 Å². The molecule has 158 valence electrons. The van der Waals surface area contributed by atoms with Crippen LogP contribution in [0.3, 0.4) is 0 Å². The van der Waals surface area contributed by atoms with E-state index in [1.165, 1.54) is 23.5 Å². The smallest absolute Gasteiger partial charge is 0.246 e. The van der Waals surface area contributed by atoms with Crippen LogP contribution in [0.5, 0.6) is 0 Å². The third kappa shape index (κ3) is 3.56. The standard InChI is InChI=1S/C25H18FN3O2S/c1-15-23(16-10-12-17(26)13-11-16)28-25(32-15)27-22(30)14-29-20-8-4-2-6-18(20)24(31)19-7-3-5-9-21(19)29/h2-13H,14H2,1H3,(H,27,28,30). The van der Waals surface area contributed by atoms with E-state index in [-0.39, 0.29) is 23.7 Å². The van der Waals surface area contributed by atoms with Gasteiger partial charge in [-0.1, -0.05) is 24.3 Å². The third-order valence-electron chi connectivity index (χ3n) is 5.34. The van der Waals surface area contributed by atoms with Crippen LogP contribution in [0.2, 0.25) is 0 Å². The van der Waals surface area contributed by atoms with E-state index in [0.29, 0.717) is 32.6 Å². The quantitative estimate of drug-likeness (QED) is 0.380. The normalized spacial score (nSPS) is 11.2. The number of hydrogen-bond donors (Lipinski definition) is 1. The Hall–Kier alpha value is -3.84. The number of para-hydroxylation sites is 2. The number of aromatic nitrogens is 2. The minimum atomic E-state index is -0.310. The maximum atomic E-state index is 13.2. The van der Waals surface area contributed by atoms with Gasteiger partial charge in [-0.25, -0.2) is 9.37 Å². The van der Waals surface area contributed by atoms with Gasteiger partial charge in [-0.2, -0.15) is 0 Å². The van der Waals surface area contributed by atoms with Crippen LogP contribution in [0.25, 0.3) is 33.1 Å². The van der Waals surface area contributed by atoms with Gasteiger partial charge < -0.3 is 9.88 Å². The number of benzene rings is 3. The number of hydrogen-bond acceptors (Lipinski definition) is 4. The lowest BCUT2D eigenvalue weighted by molar-refractivity contribution is -0.116. The minimum absolute atomic E-state index is 0.0335. The molecule has 1 amide bonds. The number of halogens is 1. The van der Waals surface area contributed by atoms with Gasteiger partial charge in [-0.3, -0.25) is 9.59 Å². The Morgan fingerprint density at radius 2 is 1.56 bits per heavy atom. The Kier molecular flexibility index (Phi) is 5.03. The summed E-state index contributed by atoms with van der Waals surface area (Å²) in [7, 11) is 0. The number of nitrogens with one attached hydrogen (secondary N) is 1. The molecule has 5 rings (SSSR count). The van der Waals surface area contributed by atoms with Gasteiger partial charge in [0.2, 0.25) is 5.91 Å². The number of fused-ring (bicyclic) bond motifs is 2. The first-order valence-corrected chi connectivity index (χ1v) is 10.9. The van der Waals surface area contributed by atoms with Crippen LogP contribution in [0, 0.1) is 12.7 Å². The summed E-state index contributed by atoms with van der Waals surface area (Å²) in [4.78, 5) is 31.3. The van der Waals surface area contributed by atoms with Crippen LogP contribution in [0.4, 0.5) is 9.52 Å². The molecule has 5 aromatic rings. The molecule has 0 fully saturated rings. The first kappa shape index (κ1) is 20.1. The van der Waals surface area contributed by atoms with E-state index in [4.69, 9.17) is 0 Å². The minimum Gasteiger partial charge on any atom is -0.331 e. The van der Waals surface area contributed by atoms with E-state index in [9.17, 15) is 14.0 Å². The number of thiazole rings is 1. The number of carbonyl (C=O) groups excluding carboxylic acids is 1. The molecule has 0 bridgehead atoms. The van der Waals surface area contributed by atoms with Gasteiger partial charge in [0, 0.05) is 21.2 Å². The first-order chi connectivity index (χ1) is 15.5. The zero-order valence-corrected chi connectivity index (χ0v) is 17.9. The molecule has 1 N–H and O–H groups in total. The number of carbonyl (C=O) groups is 1. The average molecular weight is 444 g/mol. The number of rotatable bonds is 4. The predicted octanol–water partition coefficient (Wildman–Crippen LogP) is 5.36. The van der Waals surface area contributed by atoms with Crippen molar-refractivity contribution in [2.75, 3.05) is 5.32 Å². The molecular weight excluding hydrogens is 425 g/mol. The second kappa shape index (κ2) is 8.01. The van der Waals surface area contributed by atoms with Gasteiger partial charge in [0.15, 0.2) is 10.6 Å². The number of aryl methyl sites for hydroxylation is 1. The molecule has 0 saturated carbocycles. The second-order valence-electron chi connectivity index (χ2n) is 7.43. The maximum Gasteiger partial charge on any atom is 0.246 e. The SMILES string of the molecule is Cc1sc(NC(=O)Cn2c3ccccc3c(=O)c3ccccc32)nc1-c1ccc(F)cc1. The van der Waals surface area contributed by atoms with Gasteiger partial charge >= 0.3 is 0 Å². The zero-order valence-electron chi connectivity index (χ0n) is 17.1. The molecule has 2 aromatic heterocycles. The third-order valence-corrected chi connectivity index (χ3v) is 6.23. The number of amides is 1. The highest BCUT2D eigenvalue weighted by Gasteiger charge is 2.15. The lowest BCUT2D eigenvalue weighted by Gasteiger charge is -2.14. The number of pyridine rings is 1. The Labute approximate surface area is 186 Å². The lowest BCUT2D eigenvalue weighted by atomic mass is 10.1. The summed E-state index contributed by atoms with van der Waals surface area (Å²) in [6.07, 6.45) is 0. The average Bonchev–Trinajstić information content (AvgIpc) is 3.17. The van der Waals surface area contributed by atoms with Gasteiger partial charge in [0.05, 0.1) is 16.7 Å². The van der Waals surface area contributed by atoms with Crippen molar-refractivity contribution in [2.24, 2.45) is 0 Å². The van der Waals surface area contributed by atoms with Crippen LogP contribution in [0.1, 0.15) is 4.88 Å². The molecule has 0 aliphatic carbocycles. The van der Waals surface area contributed by atoms with Crippen molar-refractivity contribution in [3.05, 3.63) is 93.7 Å². The molecule has 0 radical (unpaired) electrons. The monoisotopic (exact) mass is 443 g/mol. The molecule has 0 aliphatic rings. The highest BCUT2D eigenvalue weighted by molar-refractivity contribution is 7.16. The Balaban J connectivity index is 1.49. The summed E-state index contributed by atoms with van der Waals surface area (Å²) >= 11 is 1.37. The summed E-state index contributed by atoms with van der Waals surface area (Å²) in [5.74, 6) is -0.556. The summed E-state index contributed by atoms with van der Waals surface area (Å²) in [5.41, 5.74) is 2.86. The van der Waals surface area contributed by atoms with Gasteiger partial charge in [0.25, 0.3) is 0 Å². The number of nitrogens with zero attached hydrogens (tertiary/aromatic N) is 2. The van der Waals surface area contributed by atoms with Crippen molar-refractivity contribution >= 4 is 44.2 Å². The molecule has 2 heterocycles. The fourth-order valence-corrected chi connectivity index (χ4v) is 4.73. The van der Waals surface area contributed by atoms with Crippen molar-refractivity contribution in [2.45, 2.75) is 13.5 Å². The van der Waals surface area contributed by atoms with Crippen LogP contribution < -0.4 is 10.7 Å². The fraction of sp³-hybridized carbons (Fsp3) is 0.0800. The first-order valence-electron chi connectivity index (χ1n) is 10.0. The predicted molar refractivity (Wildman–Crippen MR) is 127 cm³/mol. The molecule has 3 aromatic carbocycles. The maximum absolute atomic E-state index is 13.2. The molecule has 0 unspecified atom stereocenters. The molecule has 32 heavy (non-hydrogen) atoms. The Bertz CT molecular complexity index is 1480. The number of anilines is 1. The Morgan fingerprint density at radius 3 is 2.19 bits per heavy atom. The fourth-order valence-electron chi connectivity index (χ4n) is 3.88. The van der Waals surface area contributed by atoms with E-state index < -0.39 is 0 Å². The summed E-state index contributed by atoms with van der Waals surface area (Å²) in [6.45, 7) is 1.95. The van der Waals surface area contributed by atoms with E-state index in [1.807, 2.05) is 47.9 Å². The second-order valence-corrected chi connectivity index (χ2v) is 8.63. The van der Waals surface area contributed by atoms with Crippen molar-refractivity contribution in [1.82, 2.24) is 9.55 Å². The van der Waals surface area contributed by atoms with E-state index in [0.717, 1.165) is 10.4 Å². The van der Waals surface area contributed by atoms with Crippen molar-refractivity contribution in [3.8, 4) is 11.3 Å². The zero-order chi connectivity index (χ0) is 22.2. The Morgan fingerprint density at radius 1 is 0.969 bits per heavy atom. The van der Waals surface area contributed by atoms with Crippen molar-refractivity contribution < 1.29 is 9.18 Å². The molecule has 0 aliphatic heterocycles. The van der Waals surface area contributed by atoms with Crippen molar-refractivity contribution in [3.63, 3.8) is 0 Å². The van der Waals surface area contributed by atoms with Crippen LogP contribution >= 0.6 is 11.3 Å².